The largest absolute Gasteiger partial charge is 0.480 e. The first-order valence-electron chi connectivity index (χ1n) is 9.26. The number of amides is 1. The highest BCUT2D eigenvalue weighted by Gasteiger charge is 2.32. The van der Waals surface area contributed by atoms with Crippen LogP contribution < -0.4 is 11.1 Å². The summed E-state index contributed by atoms with van der Waals surface area (Å²) in [5.41, 5.74) is 3.79. The standard InChI is InChI=1S/C17H27N5O8S/c1-22(2,3)12(16(28)29)6-9-7-19-17(20-9)31(30)8-11(15(26)27)21-13(23)5-4-10(18)14(24)25/h7,10-12H,4-6,8,18H2,1-3H3,(H4-,19,20,21,23,24,25,26,27,28,29)/p+2/t10-,11-,12-,31-/m0/s1. The van der Waals surface area contributed by atoms with E-state index in [1.54, 1.807) is 21.1 Å². The van der Waals surface area contributed by atoms with Crippen molar-refractivity contribution in [2.24, 2.45) is 0 Å². The predicted molar refractivity (Wildman–Crippen MR) is 106 cm³/mol. The molecule has 1 amide bonds. The lowest BCUT2D eigenvalue weighted by atomic mass is 10.1. The number of hydrogen-bond donors (Lipinski definition) is 6. The first-order valence-corrected chi connectivity index (χ1v) is 10.6. The number of aromatic amines is 1. The molecular weight excluding hydrogens is 434 g/mol. The van der Waals surface area contributed by atoms with Crippen LogP contribution in [0.1, 0.15) is 18.5 Å². The zero-order chi connectivity index (χ0) is 23.9. The summed E-state index contributed by atoms with van der Waals surface area (Å²) in [6.45, 7) is 0. The highest BCUT2D eigenvalue weighted by atomic mass is 32.2. The maximum Gasteiger partial charge on any atom is 0.362 e. The minimum atomic E-state index is -1.92. The Morgan fingerprint density at radius 1 is 1.16 bits per heavy atom. The monoisotopic (exact) mass is 463 g/mol. The second-order valence-corrected chi connectivity index (χ2v) is 9.34. The molecule has 8 N–H and O–H groups in total. The van der Waals surface area contributed by atoms with Crippen molar-refractivity contribution >= 4 is 34.6 Å². The van der Waals surface area contributed by atoms with E-state index < -0.39 is 58.5 Å². The number of likely N-dealkylation sites (N-methyl/N-ethyl adjacent to an activating group) is 1. The maximum absolute atomic E-state index is 12.5. The minimum absolute atomic E-state index is 0.0373. The van der Waals surface area contributed by atoms with Crippen LogP contribution in [-0.4, -0.2) is 103 Å². The molecule has 1 aromatic rings. The van der Waals surface area contributed by atoms with Gasteiger partial charge in [0.1, 0.15) is 6.04 Å². The molecule has 1 aromatic heterocycles. The smallest absolute Gasteiger partial charge is 0.362 e. The van der Waals surface area contributed by atoms with Crippen molar-refractivity contribution in [3.05, 3.63) is 11.9 Å². The zero-order valence-electron chi connectivity index (χ0n) is 17.5. The van der Waals surface area contributed by atoms with Crippen LogP contribution in [0.2, 0.25) is 0 Å². The van der Waals surface area contributed by atoms with Gasteiger partial charge in [0, 0.05) is 24.7 Å². The van der Waals surface area contributed by atoms with Gasteiger partial charge in [-0.25, -0.2) is 19.4 Å². The molecule has 0 radical (unpaired) electrons. The molecule has 0 spiro atoms. The van der Waals surface area contributed by atoms with Crippen molar-refractivity contribution in [2.75, 3.05) is 26.9 Å². The maximum atomic E-state index is 12.5. The lowest BCUT2D eigenvalue weighted by Gasteiger charge is -2.30. The first-order chi connectivity index (χ1) is 14.2. The molecule has 0 aliphatic carbocycles. The van der Waals surface area contributed by atoms with Crippen molar-refractivity contribution in [3.63, 3.8) is 0 Å². The van der Waals surface area contributed by atoms with Gasteiger partial charge in [-0.05, 0) is 0 Å². The average molecular weight is 464 g/mol. The molecule has 0 aliphatic heterocycles. The third-order valence-corrected chi connectivity index (χ3v) is 5.75. The number of H-pyrrole nitrogens is 1. The van der Waals surface area contributed by atoms with Crippen LogP contribution in [-0.2, 0) is 36.4 Å². The topological polar surface area (TPSA) is 214 Å². The molecule has 13 nitrogen and oxygen atoms in total. The van der Waals surface area contributed by atoms with E-state index >= 15 is 0 Å². The molecule has 1 heterocycles. The molecule has 4 atom stereocenters. The molecule has 0 fully saturated rings. The molecule has 1 rings (SSSR count). The first kappa shape index (κ1) is 26.2. The van der Waals surface area contributed by atoms with Gasteiger partial charge in [0.2, 0.25) is 5.91 Å². The van der Waals surface area contributed by atoms with E-state index in [2.05, 4.69) is 21.0 Å². The van der Waals surface area contributed by atoms with Gasteiger partial charge in [-0.3, -0.25) is 9.00 Å². The SMILES string of the molecule is C[N+](C)(C)[C@@H](Cc1cnc([S@@](=O)C[C@H](NC(=O)CC[C@H]([NH3+])C(=O)O)C(=O)O)[nH]1)C(=O)O. The fourth-order valence-electron chi connectivity index (χ4n) is 2.56. The predicted octanol–water partition coefficient (Wildman–Crippen LogP) is -2.74. The second-order valence-electron chi connectivity index (χ2n) is 7.93. The van der Waals surface area contributed by atoms with Gasteiger partial charge in [0.25, 0.3) is 0 Å². The summed E-state index contributed by atoms with van der Waals surface area (Å²) in [5.74, 6) is -4.77. The van der Waals surface area contributed by atoms with Gasteiger partial charge in [-0.15, -0.1) is 0 Å². The second kappa shape index (κ2) is 11.0. The van der Waals surface area contributed by atoms with Crippen molar-refractivity contribution in [1.82, 2.24) is 15.3 Å². The number of carboxylic acid groups (broad SMARTS) is 3. The lowest BCUT2D eigenvalue weighted by Crippen LogP contribution is -2.65. The molecule has 14 heteroatoms. The van der Waals surface area contributed by atoms with Crippen LogP contribution in [0.4, 0.5) is 0 Å². The van der Waals surface area contributed by atoms with Crippen LogP contribution in [0, 0.1) is 0 Å². The van der Waals surface area contributed by atoms with E-state index in [1.807, 2.05) is 0 Å². The van der Waals surface area contributed by atoms with Gasteiger partial charge >= 0.3 is 17.9 Å². The Kier molecular flexibility index (Phi) is 9.27. The molecule has 174 valence electrons. The van der Waals surface area contributed by atoms with E-state index in [9.17, 15) is 33.6 Å². The van der Waals surface area contributed by atoms with E-state index in [-0.39, 0.29) is 28.9 Å². The molecule has 0 aromatic carbocycles. The Hall–Kier alpha value is -2.84. The fraction of sp³-hybridized carbons (Fsp3) is 0.588. The quantitative estimate of drug-likeness (QED) is 0.167. The van der Waals surface area contributed by atoms with Crippen molar-refractivity contribution in [2.45, 2.75) is 42.5 Å². The summed E-state index contributed by atoms with van der Waals surface area (Å²) < 4.78 is 12.7. The number of carbonyl (C=O) groups excluding carboxylic acids is 1. The molecule has 0 saturated carbocycles. The number of carbonyl (C=O) groups is 4. The van der Waals surface area contributed by atoms with Crippen LogP contribution in [0.15, 0.2) is 11.4 Å². The van der Waals surface area contributed by atoms with E-state index in [0.29, 0.717) is 5.69 Å². The zero-order valence-corrected chi connectivity index (χ0v) is 18.3. The van der Waals surface area contributed by atoms with Crippen molar-refractivity contribution < 1.29 is 48.9 Å². The highest BCUT2D eigenvalue weighted by molar-refractivity contribution is 7.84. The summed E-state index contributed by atoms with van der Waals surface area (Å²) in [5, 5.41) is 29.7. The Morgan fingerprint density at radius 2 is 1.77 bits per heavy atom. The molecule has 0 saturated heterocycles. The Bertz CT molecular complexity index is 850. The van der Waals surface area contributed by atoms with Crippen molar-refractivity contribution in [3.8, 4) is 0 Å². The summed E-state index contributed by atoms with van der Waals surface area (Å²) in [6.07, 6.45) is 1.12. The molecular formula is C17H29N5O8S+2. The number of hydrogen-bond acceptors (Lipinski definition) is 6. The number of aliphatic carboxylic acids is 3. The van der Waals surface area contributed by atoms with E-state index in [1.165, 1.54) is 6.20 Å². The van der Waals surface area contributed by atoms with Gasteiger partial charge in [0.05, 0.1) is 44.1 Å². The molecule has 0 unspecified atom stereocenters. The summed E-state index contributed by atoms with van der Waals surface area (Å²) >= 11 is 0. The van der Waals surface area contributed by atoms with Crippen LogP contribution >= 0.6 is 0 Å². The van der Waals surface area contributed by atoms with E-state index in [0.717, 1.165) is 0 Å². The normalized spacial score (nSPS) is 15.5. The van der Waals surface area contributed by atoms with Gasteiger partial charge in [0.15, 0.2) is 17.2 Å². The number of nitrogens with one attached hydrogen (secondary N) is 2. The Balaban J connectivity index is 2.77. The summed E-state index contributed by atoms with van der Waals surface area (Å²) in [7, 11) is 3.25. The Labute approximate surface area is 180 Å². The van der Waals surface area contributed by atoms with E-state index in [4.69, 9.17) is 5.11 Å². The number of nitrogens with zero attached hydrogens (tertiary/aromatic N) is 2. The lowest BCUT2D eigenvalue weighted by molar-refractivity contribution is -0.887. The van der Waals surface area contributed by atoms with Crippen LogP contribution in [0.5, 0.6) is 0 Å². The summed E-state index contributed by atoms with van der Waals surface area (Å²) in [4.78, 5) is 52.3. The van der Waals surface area contributed by atoms with Crippen LogP contribution in [0.3, 0.4) is 0 Å². The Morgan fingerprint density at radius 3 is 2.26 bits per heavy atom. The van der Waals surface area contributed by atoms with Gasteiger partial charge in [-0.1, -0.05) is 0 Å². The number of aromatic nitrogens is 2. The highest BCUT2D eigenvalue weighted by Crippen LogP contribution is 2.12. The third-order valence-electron chi connectivity index (χ3n) is 4.47. The van der Waals surface area contributed by atoms with Gasteiger partial charge < -0.3 is 35.8 Å². The van der Waals surface area contributed by atoms with Crippen molar-refractivity contribution in [1.29, 1.82) is 0 Å². The summed E-state index contributed by atoms with van der Waals surface area (Å²) in [6, 6.07) is -3.27. The average Bonchev–Trinajstić information content (AvgIpc) is 3.11. The third kappa shape index (κ3) is 8.43. The molecule has 0 aliphatic rings. The fourth-order valence-corrected chi connectivity index (χ4v) is 3.66. The number of quaternary nitrogens is 2. The number of rotatable bonds is 13. The molecule has 0 bridgehead atoms. The number of carboxylic acids is 3. The minimum Gasteiger partial charge on any atom is -0.480 e. The van der Waals surface area contributed by atoms with Crippen LogP contribution in [0.25, 0.3) is 0 Å². The molecule has 31 heavy (non-hydrogen) atoms. The van der Waals surface area contributed by atoms with Gasteiger partial charge in [-0.2, -0.15) is 0 Å². The number of imidazole rings is 1.